The molecule has 0 radical (unpaired) electrons. The highest BCUT2D eigenvalue weighted by molar-refractivity contribution is 4.49. The van der Waals surface area contributed by atoms with Crippen molar-refractivity contribution in [1.82, 2.24) is 10.6 Å². The highest BCUT2D eigenvalue weighted by atomic mass is 16.5. The Labute approximate surface area is 101 Å². The number of rotatable bonds is 13. The molecule has 0 unspecified atom stereocenters. The largest absolute Gasteiger partial charge is 0.380 e. The maximum atomic E-state index is 5.53. The first kappa shape index (κ1) is 15.9. The summed E-state index contributed by atoms with van der Waals surface area (Å²) in [6, 6.07) is 0. The lowest BCUT2D eigenvalue weighted by Gasteiger charge is -2.06. The van der Waals surface area contributed by atoms with Crippen molar-refractivity contribution in [3.8, 4) is 0 Å². The van der Waals surface area contributed by atoms with Crippen LogP contribution in [0.2, 0.25) is 0 Å². The first-order chi connectivity index (χ1) is 7.91. The van der Waals surface area contributed by atoms with Crippen LogP contribution in [0.5, 0.6) is 0 Å². The molecule has 0 saturated heterocycles. The van der Waals surface area contributed by atoms with Crippen LogP contribution in [0.1, 0.15) is 45.4 Å². The minimum atomic E-state index is 0.859. The predicted molar refractivity (Wildman–Crippen MR) is 71.0 cm³/mol. The van der Waals surface area contributed by atoms with Crippen molar-refractivity contribution in [3.63, 3.8) is 0 Å². The molecule has 0 aromatic heterocycles. The third-order valence-electron chi connectivity index (χ3n) is 2.60. The van der Waals surface area contributed by atoms with Crippen molar-refractivity contribution in [2.45, 2.75) is 45.4 Å². The zero-order chi connectivity index (χ0) is 11.9. The average molecular weight is 230 g/mol. The van der Waals surface area contributed by atoms with Gasteiger partial charge in [-0.3, -0.25) is 0 Å². The summed E-state index contributed by atoms with van der Waals surface area (Å²) in [5.41, 5.74) is 0. The third-order valence-corrected chi connectivity index (χ3v) is 2.60. The van der Waals surface area contributed by atoms with Crippen LogP contribution < -0.4 is 10.6 Å². The standard InChI is InChI=1S/C13H30N2O/c1-3-4-5-8-12-16-13-11-15-10-7-6-9-14-2/h14-15H,3-13H2,1-2H3. The monoisotopic (exact) mass is 230 g/mol. The van der Waals surface area contributed by atoms with Crippen molar-refractivity contribution in [1.29, 1.82) is 0 Å². The van der Waals surface area contributed by atoms with Gasteiger partial charge in [-0.1, -0.05) is 26.2 Å². The van der Waals surface area contributed by atoms with Gasteiger partial charge in [-0.15, -0.1) is 0 Å². The summed E-state index contributed by atoms with van der Waals surface area (Å²) < 4.78 is 5.53. The smallest absolute Gasteiger partial charge is 0.0590 e. The molecule has 0 aromatic rings. The summed E-state index contributed by atoms with van der Waals surface area (Å²) >= 11 is 0. The molecular formula is C13H30N2O. The molecule has 98 valence electrons. The molecule has 16 heavy (non-hydrogen) atoms. The van der Waals surface area contributed by atoms with Gasteiger partial charge in [0.1, 0.15) is 0 Å². The van der Waals surface area contributed by atoms with Gasteiger partial charge in [0, 0.05) is 13.2 Å². The number of ether oxygens (including phenoxy) is 1. The van der Waals surface area contributed by atoms with E-state index in [2.05, 4.69) is 17.6 Å². The molecule has 0 heterocycles. The Balaban J connectivity index is 2.83. The lowest BCUT2D eigenvalue weighted by Crippen LogP contribution is -2.22. The molecule has 0 amide bonds. The predicted octanol–water partition coefficient (Wildman–Crippen LogP) is 2.17. The zero-order valence-corrected chi connectivity index (χ0v) is 11.2. The molecule has 0 fully saturated rings. The summed E-state index contributed by atoms with van der Waals surface area (Å²) in [5.74, 6) is 0. The molecule has 0 atom stereocenters. The average Bonchev–Trinajstić information content (AvgIpc) is 2.31. The van der Waals surface area contributed by atoms with E-state index in [4.69, 9.17) is 4.74 Å². The second-order valence-corrected chi connectivity index (χ2v) is 4.23. The minimum Gasteiger partial charge on any atom is -0.380 e. The normalized spacial score (nSPS) is 10.9. The van der Waals surface area contributed by atoms with Gasteiger partial charge in [0.25, 0.3) is 0 Å². The Morgan fingerprint density at radius 1 is 0.812 bits per heavy atom. The lowest BCUT2D eigenvalue weighted by molar-refractivity contribution is 0.131. The molecule has 3 nitrogen and oxygen atoms in total. The second kappa shape index (κ2) is 14.9. The number of nitrogens with one attached hydrogen (secondary N) is 2. The van der Waals surface area contributed by atoms with E-state index >= 15 is 0 Å². The minimum absolute atomic E-state index is 0.859. The van der Waals surface area contributed by atoms with Crippen LogP contribution in [0.3, 0.4) is 0 Å². The summed E-state index contributed by atoms with van der Waals surface area (Å²) in [5, 5.41) is 6.54. The van der Waals surface area contributed by atoms with Crippen LogP contribution in [-0.4, -0.2) is 39.9 Å². The number of hydrogen-bond acceptors (Lipinski definition) is 3. The molecule has 0 aliphatic carbocycles. The molecule has 2 N–H and O–H groups in total. The van der Waals surface area contributed by atoms with Crippen LogP contribution >= 0.6 is 0 Å². The maximum Gasteiger partial charge on any atom is 0.0590 e. The van der Waals surface area contributed by atoms with Gasteiger partial charge in [-0.25, -0.2) is 0 Å². The van der Waals surface area contributed by atoms with Gasteiger partial charge in [-0.2, -0.15) is 0 Å². The fourth-order valence-electron chi connectivity index (χ4n) is 1.55. The third kappa shape index (κ3) is 13.9. The SMILES string of the molecule is CCCCCCOCCNCCCCNC. The quantitative estimate of drug-likeness (QED) is 0.476. The van der Waals surface area contributed by atoms with Crippen molar-refractivity contribution < 1.29 is 4.74 Å². The lowest BCUT2D eigenvalue weighted by atomic mass is 10.2. The second-order valence-electron chi connectivity index (χ2n) is 4.23. The molecule has 0 rings (SSSR count). The van der Waals surface area contributed by atoms with Crippen molar-refractivity contribution >= 4 is 0 Å². The van der Waals surface area contributed by atoms with Gasteiger partial charge in [0.05, 0.1) is 6.61 Å². The molecule has 0 spiro atoms. The molecular weight excluding hydrogens is 200 g/mol. The Bertz CT molecular complexity index is 107. The van der Waals surface area contributed by atoms with Gasteiger partial charge >= 0.3 is 0 Å². The summed E-state index contributed by atoms with van der Waals surface area (Å²) in [6.07, 6.45) is 7.67. The van der Waals surface area contributed by atoms with E-state index in [9.17, 15) is 0 Å². The molecule has 3 heteroatoms. The number of hydrogen-bond donors (Lipinski definition) is 2. The van der Waals surface area contributed by atoms with E-state index in [1.807, 2.05) is 7.05 Å². The van der Waals surface area contributed by atoms with Crippen LogP contribution in [0.25, 0.3) is 0 Å². The highest BCUT2D eigenvalue weighted by Crippen LogP contribution is 1.98. The molecule has 0 saturated carbocycles. The zero-order valence-electron chi connectivity index (χ0n) is 11.2. The number of unbranched alkanes of at least 4 members (excludes halogenated alkanes) is 4. The maximum absolute atomic E-state index is 5.53. The van der Waals surface area contributed by atoms with Crippen LogP contribution in [-0.2, 0) is 4.74 Å². The van der Waals surface area contributed by atoms with E-state index in [-0.39, 0.29) is 0 Å². The first-order valence-corrected chi connectivity index (χ1v) is 6.85. The van der Waals surface area contributed by atoms with Gasteiger partial charge in [-0.05, 0) is 39.4 Å². The Morgan fingerprint density at radius 2 is 1.62 bits per heavy atom. The van der Waals surface area contributed by atoms with E-state index in [1.54, 1.807) is 0 Å². The first-order valence-electron chi connectivity index (χ1n) is 6.85. The van der Waals surface area contributed by atoms with Gasteiger partial charge in [0.2, 0.25) is 0 Å². The van der Waals surface area contributed by atoms with Crippen LogP contribution in [0, 0.1) is 0 Å². The highest BCUT2D eigenvalue weighted by Gasteiger charge is 1.91. The molecule has 0 aromatic carbocycles. The Kier molecular flexibility index (Phi) is 14.8. The van der Waals surface area contributed by atoms with Crippen LogP contribution in [0.15, 0.2) is 0 Å². The molecule has 0 aliphatic rings. The van der Waals surface area contributed by atoms with E-state index < -0.39 is 0 Å². The molecule has 0 aliphatic heterocycles. The van der Waals surface area contributed by atoms with E-state index in [0.717, 1.165) is 32.8 Å². The summed E-state index contributed by atoms with van der Waals surface area (Å²) in [7, 11) is 2.00. The van der Waals surface area contributed by atoms with E-state index in [0.29, 0.717) is 0 Å². The fourth-order valence-corrected chi connectivity index (χ4v) is 1.55. The van der Waals surface area contributed by atoms with Crippen molar-refractivity contribution in [3.05, 3.63) is 0 Å². The van der Waals surface area contributed by atoms with Gasteiger partial charge < -0.3 is 15.4 Å². The van der Waals surface area contributed by atoms with Crippen LogP contribution in [0.4, 0.5) is 0 Å². The van der Waals surface area contributed by atoms with Crippen molar-refractivity contribution in [2.24, 2.45) is 0 Å². The summed E-state index contributed by atoms with van der Waals surface area (Å²) in [6.45, 7) is 7.25. The van der Waals surface area contributed by atoms with E-state index in [1.165, 1.54) is 38.5 Å². The topological polar surface area (TPSA) is 33.3 Å². The van der Waals surface area contributed by atoms with Crippen molar-refractivity contribution in [2.75, 3.05) is 39.9 Å². The summed E-state index contributed by atoms with van der Waals surface area (Å²) in [4.78, 5) is 0. The van der Waals surface area contributed by atoms with Gasteiger partial charge in [0.15, 0.2) is 0 Å². The Morgan fingerprint density at radius 3 is 2.38 bits per heavy atom. The fraction of sp³-hybridized carbons (Fsp3) is 1.00. The molecule has 0 bridgehead atoms. The Hall–Kier alpha value is -0.120.